The molecule has 128 valence electrons. The molecule has 0 unspecified atom stereocenters. The first-order valence-electron chi connectivity index (χ1n) is 8.44. The van der Waals surface area contributed by atoms with E-state index in [1.165, 1.54) is 0 Å². The lowest BCUT2D eigenvalue weighted by molar-refractivity contribution is 1.06. The van der Waals surface area contributed by atoms with Gasteiger partial charge in [0.25, 0.3) is 0 Å². The van der Waals surface area contributed by atoms with Crippen molar-refractivity contribution in [3.05, 3.63) is 77.5 Å². The molecule has 2 aromatic carbocycles. The van der Waals surface area contributed by atoms with E-state index in [-0.39, 0.29) is 5.95 Å². The Morgan fingerprint density at radius 2 is 1.65 bits per heavy atom. The van der Waals surface area contributed by atoms with Crippen molar-refractivity contribution in [2.45, 2.75) is 13.3 Å². The third-order valence-corrected chi connectivity index (χ3v) is 4.33. The lowest BCUT2D eigenvalue weighted by Gasteiger charge is -2.10. The molecule has 5 nitrogen and oxygen atoms in total. The van der Waals surface area contributed by atoms with E-state index in [0.29, 0.717) is 12.1 Å². The highest BCUT2D eigenvalue weighted by atomic mass is 15.0. The largest absolute Gasteiger partial charge is 0.398 e. The smallest absolute Gasteiger partial charge is 0.220 e. The highest BCUT2D eigenvalue weighted by molar-refractivity contribution is 5.83. The van der Waals surface area contributed by atoms with Crippen LogP contribution in [0.1, 0.15) is 16.8 Å². The van der Waals surface area contributed by atoms with E-state index >= 15 is 0 Å². The zero-order valence-corrected chi connectivity index (χ0v) is 14.5. The van der Waals surface area contributed by atoms with E-state index < -0.39 is 0 Å². The van der Waals surface area contributed by atoms with E-state index in [0.717, 1.165) is 39.1 Å². The number of nitrogens with two attached hydrogens (primary N) is 2. The highest BCUT2D eigenvalue weighted by Crippen LogP contribution is 2.28. The van der Waals surface area contributed by atoms with Gasteiger partial charge >= 0.3 is 0 Å². The summed E-state index contributed by atoms with van der Waals surface area (Å²) >= 11 is 0. The van der Waals surface area contributed by atoms with Gasteiger partial charge in [-0.05, 0) is 36.2 Å². The Bertz CT molecular complexity index is 1090. The van der Waals surface area contributed by atoms with Crippen LogP contribution in [0.2, 0.25) is 0 Å². The van der Waals surface area contributed by atoms with Crippen molar-refractivity contribution in [3.8, 4) is 11.3 Å². The number of aromatic nitrogens is 3. The van der Waals surface area contributed by atoms with Crippen molar-refractivity contribution in [1.82, 2.24) is 15.0 Å². The molecule has 0 aliphatic rings. The van der Waals surface area contributed by atoms with Crippen molar-refractivity contribution in [1.29, 1.82) is 0 Å². The first kappa shape index (κ1) is 16.0. The number of anilines is 2. The molecule has 0 saturated carbocycles. The molecule has 5 heteroatoms. The molecule has 2 heterocycles. The van der Waals surface area contributed by atoms with Crippen molar-refractivity contribution in [3.63, 3.8) is 0 Å². The molecule has 4 aromatic rings. The van der Waals surface area contributed by atoms with Crippen LogP contribution in [0.4, 0.5) is 11.6 Å². The van der Waals surface area contributed by atoms with Gasteiger partial charge in [0, 0.05) is 17.7 Å². The average molecular weight is 341 g/mol. The van der Waals surface area contributed by atoms with Crippen LogP contribution in [-0.4, -0.2) is 15.0 Å². The Balaban J connectivity index is 1.86. The van der Waals surface area contributed by atoms with Gasteiger partial charge in [-0.2, -0.15) is 0 Å². The summed E-state index contributed by atoms with van der Waals surface area (Å²) in [6.07, 6.45) is 0.643. The molecule has 0 spiro atoms. The maximum absolute atomic E-state index is 6.19. The number of nitrogens with zero attached hydrogens (tertiary/aromatic N) is 3. The van der Waals surface area contributed by atoms with Crippen LogP contribution in [-0.2, 0) is 6.42 Å². The minimum absolute atomic E-state index is 0.257. The van der Waals surface area contributed by atoms with Crippen LogP contribution in [0.3, 0.4) is 0 Å². The molecule has 0 fully saturated rings. The number of fused-ring (bicyclic) bond motifs is 1. The SMILES string of the molecule is Cc1ccc(-c2ccc3nc(N)nc(Cc4ccccc4)c3n2)c(N)c1. The summed E-state index contributed by atoms with van der Waals surface area (Å²) in [5.41, 5.74) is 19.1. The van der Waals surface area contributed by atoms with E-state index in [9.17, 15) is 0 Å². The normalized spacial score (nSPS) is 11.0. The van der Waals surface area contributed by atoms with Crippen molar-refractivity contribution in [2.24, 2.45) is 0 Å². The van der Waals surface area contributed by atoms with Gasteiger partial charge in [-0.15, -0.1) is 0 Å². The zero-order valence-electron chi connectivity index (χ0n) is 14.5. The topological polar surface area (TPSA) is 90.7 Å². The van der Waals surface area contributed by atoms with Crippen LogP contribution >= 0.6 is 0 Å². The lowest BCUT2D eigenvalue weighted by atomic mass is 10.0. The van der Waals surface area contributed by atoms with Gasteiger partial charge in [0.1, 0.15) is 5.52 Å². The van der Waals surface area contributed by atoms with Crippen molar-refractivity contribution < 1.29 is 0 Å². The minimum atomic E-state index is 0.257. The molecule has 0 radical (unpaired) electrons. The monoisotopic (exact) mass is 341 g/mol. The summed E-state index contributed by atoms with van der Waals surface area (Å²) in [6.45, 7) is 2.02. The fraction of sp³-hybridized carbons (Fsp3) is 0.0952. The maximum Gasteiger partial charge on any atom is 0.220 e. The van der Waals surface area contributed by atoms with Gasteiger partial charge in [-0.1, -0.05) is 42.5 Å². The number of pyridine rings is 1. The van der Waals surface area contributed by atoms with Crippen LogP contribution < -0.4 is 11.5 Å². The number of benzene rings is 2. The van der Waals surface area contributed by atoms with Gasteiger partial charge in [-0.3, -0.25) is 0 Å². The second-order valence-electron chi connectivity index (χ2n) is 6.35. The Morgan fingerprint density at radius 3 is 2.42 bits per heavy atom. The van der Waals surface area contributed by atoms with Crippen molar-refractivity contribution in [2.75, 3.05) is 11.5 Å². The van der Waals surface area contributed by atoms with Gasteiger partial charge in [0.2, 0.25) is 5.95 Å². The summed E-state index contributed by atoms with van der Waals surface area (Å²) in [7, 11) is 0. The van der Waals surface area contributed by atoms with Gasteiger partial charge in [0.05, 0.1) is 16.9 Å². The van der Waals surface area contributed by atoms with E-state index in [1.807, 2.05) is 55.5 Å². The van der Waals surface area contributed by atoms with Crippen molar-refractivity contribution >= 4 is 22.7 Å². The molecular formula is C21H19N5. The molecule has 0 aliphatic carbocycles. The van der Waals surface area contributed by atoms with E-state index in [4.69, 9.17) is 16.5 Å². The van der Waals surface area contributed by atoms with Crippen LogP contribution in [0.15, 0.2) is 60.7 Å². The summed E-state index contributed by atoms with van der Waals surface area (Å²) in [4.78, 5) is 13.6. The first-order chi connectivity index (χ1) is 12.6. The zero-order chi connectivity index (χ0) is 18.1. The second-order valence-corrected chi connectivity index (χ2v) is 6.35. The van der Waals surface area contributed by atoms with Gasteiger partial charge < -0.3 is 11.5 Å². The summed E-state index contributed by atoms with van der Waals surface area (Å²) in [6, 6.07) is 19.9. The Hall–Kier alpha value is -3.47. The van der Waals surface area contributed by atoms with Crippen LogP contribution in [0.5, 0.6) is 0 Å². The fourth-order valence-corrected chi connectivity index (χ4v) is 3.07. The van der Waals surface area contributed by atoms with Gasteiger partial charge in [0.15, 0.2) is 0 Å². The number of nitrogen functional groups attached to an aromatic ring is 2. The predicted octanol–water partition coefficient (Wildman–Crippen LogP) is 3.76. The van der Waals surface area contributed by atoms with Crippen LogP contribution in [0.25, 0.3) is 22.3 Å². The molecule has 2 aromatic heterocycles. The third kappa shape index (κ3) is 3.07. The summed E-state index contributed by atoms with van der Waals surface area (Å²) in [5.74, 6) is 0.257. The molecule has 0 atom stereocenters. The molecule has 4 rings (SSSR count). The molecule has 4 N–H and O–H groups in total. The first-order valence-corrected chi connectivity index (χ1v) is 8.44. The quantitative estimate of drug-likeness (QED) is 0.554. The Morgan fingerprint density at radius 1 is 0.846 bits per heavy atom. The Kier molecular flexibility index (Phi) is 3.97. The van der Waals surface area contributed by atoms with E-state index in [1.54, 1.807) is 0 Å². The van der Waals surface area contributed by atoms with E-state index in [2.05, 4.69) is 22.1 Å². The number of hydrogen-bond acceptors (Lipinski definition) is 5. The molecule has 26 heavy (non-hydrogen) atoms. The predicted molar refractivity (Wildman–Crippen MR) is 106 cm³/mol. The second kappa shape index (κ2) is 6.44. The highest BCUT2D eigenvalue weighted by Gasteiger charge is 2.12. The maximum atomic E-state index is 6.19. The number of aryl methyl sites for hydroxylation is 1. The van der Waals surface area contributed by atoms with Crippen LogP contribution in [0, 0.1) is 6.92 Å². The minimum Gasteiger partial charge on any atom is -0.398 e. The molecular weight excluding hydrogens is 322 g/mol. The molecule has 0 aliphatic heterocycles. The fourth-order valence-electron chi connectivity index (χ4n) is 3.07. The molecule has 0 bridgehead atoms. The summed E-state index contributed by atoms with van der Waals surface area (Å²) in [5, 5.41) is 0. The average Bonchev–Trinajstić information content (AvgIpc) is 2.62. The Labute approximate surface area is 151 Å². The lowest BCUT2D eigenvalue weighted by Crippen LogP contribution is -2.04. The third-order valence-electron chi connectivity index (χ3n) is 4.33. The summed E-state index contributed by atoms with van der Waals surface area (Å²) < 4.78 is 0. The molecule has 0 amide bonds. The van der Waals surface area contributed by atoms with Gasteiger partial charge in [-0.25, -0.2) is 15.0 Å². The standard InChI is InChI=1S/C21H19N5/c1-13-7-8-15(16(22)11-13)17-9-10-18-20(24-17)19(26-21(23)25-18)12-14-5-3-2-4-6-14/h2-11H,12,22H2,1H3,(H2,23,25,26). The number of hydrogen-bond donors (Lipinski definition) is 2. The number of rotatable bonds is 3. The molecule has 0 saturated heterocycles.